The lowest BCUT2D eigenvalue weighted by Crippen LogP contribution is -2.44. The van der Waals surface area contributed by atoms with Crippen LogP contribution in [-0.4, -0.2) is 38.5 Å². The molecule has 0 saturated carbocycles. The van der Waals surface area contributed by atoms with Crippen LogP contribution in [0.4, 0.5) is 0 Å². The predicted molar refractivity (Wildman–Crippen MR) is 105 cm³/mol. The molecule has 1 fully saturated rings. The lowest BCUT2D eigenvalue weighted by Gasteiger charge is -2.40. The topological polar surface area (TPSA) is 50.7 Å². The number of hydrogen-bond acceptors (Lipinski definition) is 4. The number of rotatable bonds is 10. The molecule has 2 atom stereocenters. The van der Waals surface area contributed by atoms with E-state index in [-0.39, 0.29) is 5.92 Å². The first-order valence-corrected chi connectivity index (χ1v) is 9.87. The van der Waals surface area contributed by atoms with Crippen molar-refractivity contribution in [2.45, 2.75) is 37.7 Å². The molecule has 0 amide bonds. The fourth-order valence-electron chi connectivity index (χ4n) is 3.60. The van der Waals surface area contributed by atoms with Crippen molar-refractivity contribution in [2.75, 3.05) is 33.4 Å². The maximum atomic E-state index is 11.8. The van der Waals surface area contributed by atoms with E-state index in [0.717, 1.165) is 61.2 Å². The fourth-order valence-corrected chi connectivity index (χ4v) is 4.08. The third kappa shape index (κ3) is 5.30. The molecule has 1 heterocycles. The Morgan fingerprint density at radius 1 is 1.44 bits per heavy atom. The second-order valence-electron chi connectivity index (χ2n) is 6.63. The SMILES string of the molecule is C=CCOc1c(Br)cccc1[C@](O)(CCCCOC)C1CCCNC1. The van der Waals surface area contributed by atoms with Crippen LogP contribution in [0.3, 0.4) is 0 Å². The number of halogens is 1. The number of benzene rings is 1. The van der Waals surface area contributed by atoms with Crippen molar-refractivity contribution in [1.29, 1.82) is 0 Å². The van der Waals surface area contributed by atoms with Gasteiger partial charge in [-0.2, -0.15) is 0 Å². The molecule has 1 aromatic rings. The maximum absolute atomic E-state index is 11.8. The Labute approximate surface area is 159 Å². The Bertz CT molecular complexity index is 546. The number of ether oxygens (including phenoxy) is 2. The van der Waals surface area contributed by atoms with Gasteiger partial charge in [-0.25, -0.2) is 0 Å². The van der Waals surface area contributed by atoms with E-state index < -0.39 is 5.60 Å². The van der Waals surface area contributed by atoms with Crippen LogP contribution in [0.5, 0.6) is 5.75 Å². The second kappa shape index (κ2) is 10.3. The number of hydrogen-bond donors (Lipinski definition) is 2. The zero-order chi connectivity index (χ0) is 18.1. The molecule has 0 bridgehead atoms. The van der Waals surface area contributed by atoms with E-state index in [1.54, 1.807) is 13.2 Å². The summed E-state index contributed by atoms with van der Waals surface area (Å²) in [4.78, 5) is 0. The lowest BCUT2D eigenvalue weighted by atomic mass is 9.74. The first-order valence-electron chi connectivity index (χ1n) is 9.08. The summed E-state index contributed by atoms with van der Waals surface area (Å²) >= 11 is 3.58. The monoisotopic (exact) mass is 411 g/mol. The van der Waals surface area contributed by atoms with Crippen molar-refractivity contribution in [3.8, 4) is 5.75 Å². The van der Waals surface area contributed by atoms with Gasteiger partial charge in [-0.1, -0.05) is 24.8 Å². The summed E-state index contributed by atoms with van der Waals surface area (Å²) in [5.41, 5.74) is -0.0450. The molecule has 0 radical (unpaired) electrons. The van der Waals surface area contributed by atoms with Gasteiger partial charge < -0.3 is 19.9 Å². The predicted octanol–water partition coefficient (Wildman–Crippen LogP) is 4.02. The molecule has 1 aliphatic heterocycles. The standard InChI is InChI=1S/C20H30BrNO3/c1-3-13-25-19-17(9-6-10-18(19)21)20(23,11-4-5-14-24-2)16-8-7-12-22-15-16/h3,6,9-10,16,22-23H,1,4-5,7-8,11-15H2,2H3/t16?,20-/m0/s1. The number of piperidine rings is 1. The number of nitrogens with one attached hydrogen (secondary N) is 1. The maximum Gasteiger partial charge on any atom is 0.140 e. The van der Waals surface area contributed by atoms with Gasteiger partial charge in [-0.05, 0) is 60.6 Å². The Hall–Kier alpha value is -0.880. The molecule has 1 unspecified atom stereocenters. The molecule has 0 spiro atoms. The Morgan fingerprint density at radius 3 is 2.96 bits per heavy atom. The van der Waals surface area contributed by atoms with E-state index in [0.29, 0.717) is 13.0 Å². The quantitative estimate of drug-likeness (QED) is 0.450. The number of para-hydroxylation sites is 1. The van der Waals surface area contributed by atoms with E-state index >= 15 is 0 Å². The first kappa shape index (κ1) is 20.4. The Balaban J connectivity index is 2.33. The summed E-state index contributed by atoms with van der Waals surface area (Å²) < 4.78 is 11.9. The summed E-state index contributed by atoms with van der Waals surface area (Å²) in [5, 5.41) is 15.2. The van der Waals surface area contributed by atoms with E-state index in [1.807, 2.05) is 18.2 Å². The number of aliphatic hydroxyl groups is 1. The van der Waals surface area contributed by atoms with Crippen molar-refractivity contribution in [2.24, 2.45) is 5.92 Å². The van der Waals surface area contributed by atoms with Gasteiger partial charge in [0.2, 0.25) is 0 Å². The number of methoxy groups -OCH3 is 1. The van der Waals surface area contributed by atoms with E-state index in [4.69, 9.17) is 9.47 Å². The minimum Gasteiger partial charge on any atom is -0.488 e. The van der Waals surface area contributed by atoms with Gasteiger partial charge in [0, 0.05) is 31.7 Å². The molecule has 5 heteroatoms. The molecule has 1 saturated heterocycles. The smallest absolute Gasteiger partial charge is 0.140 e. The van der Waals surface area contributed by atoms with Gasteiger partial charge in [-0.15, -0.1) is 0 Å². The summed E-state index contributed by atoms with van der Waals surface area (Å²) in [6.45, 7) is 6.71. The molecular formula is C20H30BrNO3. The van der Waals surface area contributed by atoms with Crippen LogP contribution in [-0.2, 0) is 10.3 Å². The summed E-state index contributed by atoms with van der Waals surface area (Å²) in [5.74, 6) is 0.895. The van der Waals surface area contributed by atoms with Crippen LogP contribution in [0.25, 0.3) is 0 Å². The molecule has 2 rings (SSSR count). The van der Waals surface area contributed by atoms with Crippen molar-refractivity contribution in [3.63, 3.8) is 0 Å². The highest BCUT2D eigenvalue weighted by molar-refractivity contribution is 9.10. The molecule has 0 aromatic heterocycles. The molecular weight excluding hydrogens is 382 g/mol. The van der Waals surface area contributed by atoms with Gasteiger partial charge in [-0.3, -0.25) is 0 Å². The highest BCUT2D eigenvalue weighted by Crippen LogP contribution is 2.44. The van der Waals surface area contributed by atoms with E-state index in [9.17, 15) is 5.11 Å². The molecule has 0 aliphatic carbocycles. The third-order valence-corrected chi connectivity index (χ3v) is 5.53. The van der Waals surface area contributed by atoms with Gasteiger partial charge in [0.1, 0.15) is 12.4 Å². The largest absolute Gasteiger partial charge is 0.488 e. The van der Waals surface area contributed by atoms with E-state index in [1.165, 1.54) is 0 Å². The van der Waals surface area contributed by atoms with Gasteiger partial charge >= 0.3 is 0 Å². The van der Waals surface area contributed by atoms with Crippen LogP contribution in [0.1, 0.15) is 37.7 Å². The summed E-state index contributed by atoms with van der Waals surface area (Å²) in [6.07, 6.45) is 6.37. The van der Waals surface area contributed by atoms with E-state index in [2.05, 4.69) is 27.8 Å². The summed E-state index contributed by atoms with van der Waals surface area (Å²) in [7, 11) is 1.72. The zero-order valence-corrected chi connectivity index (χ0v) is 16.7. The third-order valence-electron chi connectivity index (χ3n) is 4.91. The minimum absolute atomic E-state index is 0.171. The Kier molecular flexibility index (Phi) is 8.43. The van der Waals surface area contributed by atoms with Gasteiger partial charge in [0.25, 0.3) is 0 Å². The molecule has 1 aromatic carbocycles. The van der Waals surface area contributed by atoms with Crippen LogP contribution >= 0.6 is 15.9 Å². The lowest BCUT2D eigenvalue weighted by molar-refractivity contribution is -0.0452. The molecule has 4 nitrogen and oxygen atoms in total. The highest BCUT2D eigenvalue weighted by Gasteiger charge is 2.41. The molecule has 140 valence electrons. The molecule has 1 aliphatic rings. The normalized spacial score (nSPS) is 20.0. The van der Waals surface area contributed by atoms with Crippen LogP contribution in [0.15, 0.2) is 35.3 Å². The van der Waals surface area contributed by atoms with Gasteiger partial charge in [0.15, 0.2) is 0 Å². The first-order chi connectivity index (χ1) is 12.1. The second-order valence-corrected chi connectivity index (χ2v) is 7.49. The van der Waals surface area contributed by atoms with Crippen molar-refractivity contribution in [1.82, 2.24) is 5.32 Å². The summed E-state index contributed by atoms with van der Waals surface area (Å²) in [6, 6.07) is 5.91. The average molecular weight is 412 g/mol. The Morgan fingerprint density at radius 2 is 2.28 bits per heavy atom. The number of unbranched alkanes of at least 4 members (excludes halogenated alkanes) is 1. The van der Waals surface area contributed by atoms with Crippen molar-refractivity contribution < 1.29 is 14.6 Å². The highest BCUT2D eigenvalue weighted by atomic mass is 79.9. The van der Waals surface area contributed by atoms with Crippen LogP contribution in [0.2, 0.25) is 0 Å². The average Bonchev–Trinajstić information content (AvgIpc) is 2.64. The zero-order valence-electron chi connectivity index (χ0n) is 15.1. The molecule has 2 N–H and O–H groups in total. The fraction of sp³-hybridized carbons (Fsp3) is 0.600. The minimum atomic E-state index is -0.915. The van der Waals surface area contributed by atoms with Crippen LogP contribution in [0, 0.1) is 5.92 Å². The van der Waals surface area contributed by atoms with Gasteiger partial charge in [0.05, 0.1) is 10.1 Å². The van der Waals surface area contributed by atoms with Crippen LogP contribution < -0.4 is 10.1 Å². The van der Waals surface area contributed by atoms with Crippen molar-refractivity contribution >= 4 is 15.9 Å². The molecule has 25 heavy (non-hydrogen) atoms. The van der Waals surface area contributed by atoms with Crippen molar-refractivity contribution in [3.05, 3.63) is 40.9 Å².